The first kappa shape index (κ1) is 24.3. The number of amidine groups is 1. The van der Waals surface area contributed by atoms with E-state index in [1.807, 2.05) is 46.4 Å². The number of nitrogens with zero attached hydrogens (tertiary/aromatic N) is 3. The highest BCUT2D eigenvalue weighted by atomic mass is 32.2. The van der Waals surface area contributed by atoms with Gasteiger partial charge in [0.05, 0.1) is 50.7 Å². The second-order valence-corrected chi connectivity index (χ2v) is 8.80. The third-order valence-electron chi connectivity index (χ3n) is 5.85. The van der Waals surface area contributed by atoms with Crippen molar-refractivity contribution >= 4 is 28.8 Å². The summed E-state index contributed by atoms with van der Waals surface area (Å²) in [5.41, 5.74) is 2.66. The van der Waals surface area contributed by atoms with E-state index in [1.54, 1.807) is 14.2 Å². The zero-order valence-electron chi connectivity index (χ0n) is 19.6. The van der Waals surface area contributed by atoms with E-state index in [2.05, 4.69) is 4.99 Å². The van der Waals surface area contributed by atoms with Crippen molar-refractivity contribution in [1.82, 2.24) is 9.80 Å². The van der Waals surface area contributed by atoms with E-state index < -0.39 is 12.0 Å². The molecule has 1 atom stereocenters. The van der Waals surface area contributed by atoms with Crippen LogP contribution in [0.2, 0.25) is 0 Å². The molecule has 4 rings (SSSR count). The van der Waals surface area contributed by atoms with E-state index in [0.29, 0.717) is 49.9 Å². The molecule has 0 bridgehead atoms. The first-order valence-corrected chi connectivity index (χ1v) is 12.0. The van der Waals surface area contributed by atoms with E-state index in [-0.39, 0.29) is 18.9 Å². The van der Waals surface area contributed by atoms with Gasteiger partial charge in [0, 0.05) is 25.9 Å². The third kappa shape index (κ3) is 5.13. The van der Waals surface area contributed by atoms with Gasteiger partial charge in [-0.25, -0.2) is 9.79 Å². The lowest BCUT2D eigenvalue weighted by atomic mass is 9.93. The molecule has 3 aliphatic heterocycles. The molecule has 1 fully saturated rings. The zero-order valence-corrected chi connectivity index (χ0v) is 20.4. The smallest absolute Gasteiger partial charge is 0.338 e. The minimum absolute atomic E-state index is 0.0243. The van der Waals surface area contributed by atoms with E-state index in [4.69, 9.17) is 18.9 Å². The number of ether oxygens (including phenoxy) is 4. The van der Waals surface area contributed by atoms with Gasteiger partial charge in [0.2, 0.25) is 5.91 Å². The number of esters is 1. The number of morpholine rings is 1. The lowest BCUT2D eigenvalue weighted by molar-refractivity contribution is -0.141. The molecule has 0 N–H and O–H groups in total. The average molecular weight is 488 g/mol. The maximum absolute atomic E-state index is 13.2. The van der Waals surface area contributed by atoms with Crippen LogP contribution in [0.5, 0.6) is 5.75 Å². The number of rotatable bonds is 8. The third-order valence-corrected chi connectivity index (χ3v) is 6.74. The molecule has 3 heterocycles. The molecule has 0 spiro atoms. The molecule has 1 aromatic rings. The number of hydrogen-bond donors (Lipinski definition) is 0. The van der Waals surface area contributed by atoms with Crippen LogP contribution in [0.4, 0.5) is 0 Å². The van der Waals surface area contributed by atoms with Gasteiger partial charge in [-0.1, -0.05) is 23.9 Å². The second kappa shape index (κ2) is 11.1. The highest BCUT2D eigenvalue weighted by Crippen LogP contribution is 2.45. The number of aliphatic imine (C=N–C) groups is 1. The molecular weight excluding hydrogens is 458 g/mol. The Kier molecular flexibility index (Phi) is 7.91. The molecular formula is C24H29N3O6S. The predicted molar refractivity (Wildman–Crippen MR) is 128 cm³/mol. The minimum Gasteiger partial charge on any atom is -0.497 e. The fraction of sp³-hybridized carbons (Fsp3) is 0.458. The Bertz CT molecular complexity index is 1030. The minimum atomic E-state index is -0.503. The Morgan fingerprint density at radius 2 is 2.00 bits per heavy atom. The fourth-order valence-electron chi connectivity index (χ4n) is 4.13. The Balaban J connectivity index is 1.67. The van der Waals surface area contributed by atoms with Gasteiger partial charge in [-0.05, 0) is 30.0 Å². The monoisotopic (exact) mass is 487 g/mol. The molecule has 3 aliphatic rings. The van der Waals surface area contributed by atoms with Crippen molar-refractivity contribution < 1.29 is 28.5 Å². The van der Waals surface area contributed by atoms with Crippen molar-refractivity contribution in [2.75, 3.05) is 53.7 Å². The Hall–Kier alpha value is -2.82. The molecule has 0 radical (unpaired) electrons. The molecule has 0 aromatic heterocycles. The maximum Gasteiger partial charge on any atom is 0.338 e. The summed E-state index contributed by atoms with van der Waals surface area (Å²) in [6.45, 7) is 4.49. The molecule has 0 saturated carbocycles. The van der Waals surface area contributed by atoms with E-state index in [1.165, 1.54) is 11.8 Å². The van der Waals surface area contributed by atoms with Gasteiger partial charge < -0.3 is 28.7 Å². The largest absolute Gasteiger partial charge is 0.497 e. The Labute approximate surface area is 203 Å². The van der Waals surface area contributed by atoms with Crippen molar-refractivity contribution in [2.45, 2.75) is 19.4 Å². The van der Waals surface area contributed by atoms with Crippen LogP contribution in [-0.4, -0.2) is 80.6 Å². The van der Waals surface area contributed by atoms with Crippen LogP contribution in [0.15, 0.2) is 51.6 Å². The fourth-order valence-corrected chi connectivity index (χ4v) is 5.10. The van der Waals surface area contributed by atoms with Gasteiger partial charge in [0.1, 0.15) is 12.4 Å². The normalized spacial score (nSPS) is 20.0. The van der Waals surface area contributed by atoms with E-state index >= 15 is 0 Å². The number of thioether (sulfide) groups is 1. The number of benzene rings is 1. The van der Waals surface area contributed by atoms with Crippen LogP contribution in [0.25, 0.3) is 0 Å². The van der Waals surface area contributed by atoms with Gasteiger partial charge >= 0.3 is 5.97 Å². The van der Waals surface area contributed by atoms with Gasteiger partial charge in [0.15, 0.2) is 5.17 Å². The lowest BCUT2D eigenvalue weighted by Gasteiger charge is -2.37. The van der Waals surface area contributed by atoms with Crippen LogP contribution in [0.1, 0.15) is 24.9 Å². The van der Waals surface area contributed by atoms with Crippen molar-refractivity contribution in [3.8, 4) is 5.75 Å². The zero-order chi connectivity index (χ0) is 24.1. The summed E-state index contributed by atoms with van der Waals surface area (Å²) in [7, 11) is 3.16. The highest BCUT2D eigenvalue weighted by molar-refractivity contribution is 8.16. The molecule has 10 heteroatoms. The van der Waals surface area contributed by atoms with Crippen molar-refractivity contribution in [2.24, 2.45) is 4.99 Å². The molecule has 0 aliphatic carbocycles. The van der Waals surface area contributed by atoms with Gasteiger partial charge in [0.25, 0.3) is 0 Å². The molecule has 34 heavy (non-hydrogen) atoms. The van der Waals surface area contributed by atoms with E-state index in [0.717, 1.165) is 16.4 Å². The van der Waals surface area contributed by atoms with Crippen LogP contribution < -0.4 is 4.74 Å². The topological polar surface area (TPSA) is 89.9 Å². The van der Waals surface area contributed by atoms with Crippen LogP contribution >= 0.6 is 11.8 Å². The Morgan fingerprint density at radius 3 is 2.74 bits per heavy atom. The van der Waals surface area contributed by atoms with E-state index in [9.17, 15) is 9.59 Å². The summed E-state index contributed by atoms with van der Waals surface area (Å²) in [6.07, 6.45) is 0.206. The number of methoxy groups -OCH3 is 2. The number of carbonyl (C=O) groups excluding carboxylic acids is 2. The van der Waals surface area contributed by atoms with Crippen LogP contribution in [0.3, 0.4) is 0 Å². The van der Waals surface area contributed by atoms with Gasteiger partial charge in [-0.2, -0.15) is 0 Å². The van der Waals surface area contributed by atoms with Crippen molar-refractivity contribution in [1.29, 1.82) is 0 Å². The number of allylic oxidation sites excluding steroid dienone is 1. The summed E-state index contributed by atoms with van der Waals surface area (Å²) in [6, 6.07) is 7.07. The van der Waals surface area contributed by atoms with Crippen molar-refractivity contribution in [3.05, 3.63) is 52.2 Å². The first-order chi connectivity index (χ1) is 16.5. The highest BCUT2D eigenvalue weighted by Gasteiger charge is 2.41. The maximum atomic E-state index is 13.2. The summed E-state index contributed by atoms with van der Waals surface area (Å²) < 4.78 is 21.3. The molecule has 0 unspecified atom stereocenters. The lowest BCUT2D eigenvalue weighted by Crippen LogP contribution is -2.42. The summed E-state index contributed by atoms with van der Waals surface area (Å²) >= 11 is 1.45. The van der Waals surface area contributed by atoms with Gasteiger partial charge in [-0.15, -0.1) is 0 Å². The quantitative estimate of drug-likeness (QED) is 0.409. The van der Waals surface area contributed by atoms with Crippen LogP contribution in [-0.2, 0) is 23.8 Å². The van der Waals surface area contributed by atoms with Crippen LogP contribution in [0, 0.1) is 0 Å². The second-order valence-electron chi connectivity index (χ2n) is 7.97. The summed E-state index contributed by atoms with van der Waals surface area (Å²) in [4.78, 5) is 34.7. The number of amides is 1. The van der Waals surface area contributed by atoms with Gasteiger partial charge in [-0.3, -0.25) is 4.79 Å². The summed E-state index contributed by atoms with van der Waals surface area (Å²) in [5, 5.41) is 2.67. The Morgan fingerprint density at radius 1 is 1.21 bits per heavy atom. The molecule has 1 saturated heterocycles. The predicted octanol–water partition coefficient (Wildman–Crippen LogP) is 2.71. The number of fused-ring (bicyclic) bond motifs is 1. The number of carbonyl (C=O) groups is 2. The SMILES string of the molecule is COCCOC(=O)C1=C(C)N=C2SC=C(CC(=O)N3CCOCC3)N2[C@H]1c1cccc(OC)c1. The summed E-state index contributed by atoms with van der Waals surface area (Å²) in [5.74, 6) is 0.241. The first-order valence-electron chi connectivity index (χ1n) is 11.1. The molecule has 9 nitrogen and oxygen atoms in total. The molecule has 1 aromatic carbocycles. The molecule has 1 amide bonds. The molecule has 182 valence electrons. The number of hydrogen-bond acceptors (Lipinski definition) is 9. The standard InChI is InChI=1S/C24H29N3O6S/c1-16-21(23(29)33-12-11-30-2)22(17-5-4-6-19(13-17)31-3)27-18(15-34-24(27)25-16)14-20(28)26-7-9-32-10-8-26/h4-6,13,15,22H,7-12,14H2,1-3H3/t22-/m0/s1. The van der Waals surface area contributed by atoms with Crippen molar-refractivity contribution in [3.63, 3.8) is 0 Å². The average Bonchev–Trinajstić information content (AvgIpc) is 3.25.